The number of aliphatic imine (C=N–C) groups is 1. The summed E-state index contributed by atoms with van der Waals surface area (Å²) in [5.74, 6) is 0. The number of aromatic nitrogens is 1. The van der Waals surface area contributed by atoms with Crippen molar-refractivity contribution in [2.75, 3.05) is 0 Å². The van der Waals surface area contributed by atoms with E-state index in [1.807, 2.05) is 19.1 Å². The molecule has 0 N–H and O–H groups in total. The molecule has 0 amide bonds. The van der Waals surface area contributed by atoms with Crippen LogP contribution in [0, 0.1) is 0 Å². The maximum atomic E-state index is 4.00. The van der Waals surface area contributed by atoms with Gasteiger partial charge in [-0.2, -0.15) is 0 Å². The van der Waals surface area contributed by atoms with Gasteiger partial charge in [-0.25, -0.2) is 0 Å². The molecule has 13 heavy (non-hydrogen) atoms. The molecule has 0 aromatic carbocycles. The Morgan fingerprint density at radius 2 is 2.31 bits per heavy atom. The van der Waals surface area contributed by atoms with Crippen LogP contribution in [0.5, 0.6) is 0 Å². The summed E-state index contributed by atoms with van der Waals surface area (Å²) in [6.45, 7) is 5.59. The molecule has 0 atom stereocenters. The van der Waals surface area contributed by atoms with E-state index in [2.05, 4.69) is 16.6 Å². The van der Waals surface area contributed by atoms with E-state index in [1.54, 1.807) is 30.9 Å². The van der Waals surface area contributed by atoms with Crippen molar-refractivity contribution in [2.24, 2.45) is 4.99 Å². The van der Waals surface area contributed by atoms with Gasteiger partial charge in [0.05, 0.1) is 0 Å². The van der Waals surface area contributed by atoms with Crippen LogP contribution in [-0.4, -0.2) is 11.2 Å². The van der Waals surface area contributed by atoms with Crippen LogP contribution in [0.15, 0.2) is 36.2 Å². The molecule has 1 aromatic rings. The van der Waals surface area contributed by atoms with Crippen molar-refractivity contribution in [1.29, 1.82) is 0 Å². The zero-order valence-corrected chi connectivity index (χ0v) is 7.64. The van der Waals surface area contributed by atoms with Gasteiger partial charge in [-0.3, -0.25) is 9.98 Å². The minimum absolute atomic E-state index is 1.02. The van der Waals surface area contributed by atoms with Gasteiger partial charge in [-0.05, 0) is 30.2 Å². The number of rotatable bonds is 3. The molecule has 0 spiro atoms. The van der Waals surface area contributed by atoms with Crippen LogP contribution in [-0.2, 0) is 0 Å². The van der Waals surface area contributed by atoms with Gasteiger partial charge in [-0.15, -0.1) is 0 Å². The lowest BCUT2D eigenvalue weighted by Crippen LogP contribution is -1.80. The highest BCUT2D eigenvalue weighted by Crippen LogP contribution is 2.09. The number of hydrogen-bond donors (Lipinski definition) is 0. The molecule has 1 rings (SSSR count). The highest BCUT2D eigenvalue weighted by molar-refractivity contribution is 5.64. The molecule has 2 heteroatoms. The van der Waals surface area contributed by atoms with E-state index in [0.29, 0.717) is 0 Å². The third-order valence-corrected chi connectivity index (χ3v) is 1.60. The summed E-state index contributed by atoms with van der Waals surface area (Å²) >= 11 is 0. The fraction of sp³-hybridized carbons (Fsp3) is 0.0909. The first-order valence-electron chi connectivity index (χ1n) is 4.09. The molecule has 0 aliphatic carbocycles. The summed E-state index contributed by atoms with van der Waals surface area (Å²) in [5.41, 5.74) is 2.10. The molecule has 0 saturated heterocycles. The first kappa shape index (κ1) is 9.39. The molecule has 66 valence electrons. The van der Waals surface area contributed by atoms with Gasteiger partial charge >= 0.3 is 0 Å². The Bertz CT molecular complexity index is 338. The van der Waals surface area contributed by atoms with Crippen LogP contribution in [0.25, 0.3) is 12.2 Å². The summed E-state index contributed by atoms with van der Waals surface area (Å²) in [4.78, 5) is 7.98. The second-order valence-electron chi connectivity index (χ2n) is 2.43. The summed E-state index contributed by atoms with van der Waals surface area (Å²) in [6, 6.07) is 1.93. The van der Waals surface area contributed by atoms with Gasteiger partial charge < -0.3 is 0 Å². The minimum atomic E-state index is 1.02. The Hall–Kier alpha value is -1.70. The summed E-state index contributed by atoms with van der Waals surface area (Å²) in [6.07, 6.45) is 10.7. The van der Waals surface area contributed by atoms with Crippen molar-refractivity contribution in [3.63, 3.8) is 0 Å². The minimum Gasteiger partial charge on any atom is -0.269 e. The second kappa shape index (κ2) is 5.04. The number of nitrogens with zero attached hydrogens (tertiary/aromatic N) is 2. The first-order valence-corrected chi connectivity index (χ1v) is 4.09. The van der Waals surface area contributed by atoms with Crippen molar-refractivity contribution in [3.8, 4) is 0 Å². The highest BCUT2D eigenvalue weighted by atomic mass is 14.7. The van der Waals surface area contributed by atoms with Crippen LogP contribution in [0.1, 0.15) is 18.1 Å². The van der Waals surface area contributed by atoms with Gasteiger partial charge in [0.25, 0.3) is 0 Å². The third-order valence-electron chi connectivity index (χ3n) is 1.60. The average molecular weight is 172 g/mol. The van der Waals surface area contributed by atoms with E-state index in [1.165, 1.54) is 0 Å². The van der Waals surface area contributed by atoms with E-state index in [9.17, 15) is 0 Å². The molecule has 2 nitrogen and oxygen atoms in total. The first-order chi connectivity index (χ1) is 6.38. The van der Waals surface area contributed by atoms with Crippen molar-refractivity contribution >= 4 is 18.4 Å². The Balaban J connectivity index is 2.93. The molecule has 1 heterocycles. The molecule has 0 saturated carbocycles. The van der Waals surface area contributed by atoms with Crippen molar-refractivity contribution < 1.29 is 0 Å². The maximum absolute atomic E-state index is 4.00. The molecule has 0 unspecified atom stereocenters. The predicted molar refractivity (Wildman–Crippen MR) is 57.5 cm³/mol. The highest BCUT2D eigenvalue weighted by Gasteiger charge is 1.92. The fourth-order valence-electron chi connectivity index (χ4n) is 0.949. The Morgan fingerprint density at radius 3 is 3.00 bits per heavy atom. The van der Waals surface area contributed by atoms with Gasteiger partial charge in [0.2, 0.25) is 0 Å². The molecule has 0 aliphatic heterocycles. The van der Waals surface area contributed by atoms with E-state index < -0.39 is 0 Å². The van der Waals surface area contributed by atoms with E-state index in [4.69, 9.17) is 0 Å². The van der Waals surface area contributed by atoms with Crippen molar-refractivity contribution in [3.05, 3.63) is 42.4 Å². The SMILES string of the molecule is C=Cc1cnccc1/C=C\N=CC. The molecule has 0 fully saturated rings. The quantitative estimate of drug-likeness (QED) is 0.643. The van der Waals surface area contributed by atoms with Crippen LogP contribution >= 0.6 is 0 Å². The molecule has 1 aromatic heterocycles. The fourth-order valence-corrected chi connectivity index (χ4v) is 0.949. The van der Waals surface area contributed by atoms with Crippen LogP contribution in [0.2, 0.25) is 0 Å². The van der Waals surface area contributed by atoms with Crippen LogP contribution < -0.4 is 0 Å². The van der Waals surface area contributed by atoms with Crippen molar-refractivity contribution in [2.45, 2.75) is 6.92 Å². The smallest absolute Gasteiger partial charge is 0.0346 e. The van der Waals surface area contributed by atoms with Crippen LogP contribution in [0.3, 0.4) is 0 Å². The predicted octanol–water partition coefficient (Wildman–Crippen LogP) is 2.79. The molecule has 0 bridgehead atoms. The normalized spacial score (nSPS) is 11.2. The van der Waals surface area contributed by atoms with E-state index >= 15 is 0 Å². The third kappa shape index (κ3) is 2.67. The summed E-state index contributed by atoms with van der Waals surface area (Å²) < 4.78 is 0. The summed E-state index contributed by atoms with van der Waals surface area (Å²) in [5, 5.41) is 0. The summed E-state index contributed by atoms with van der Waals surface area (Å²) in [7, 11) is 0. The maximum Gasteiger partial charge on any atom is 0.0346 e. The Labute approximate surface area is 78.4 Å². The lowest BCUT2D eigenvalue weighted by molar-refractivity contribution is 1.31. The zero-order valence-electron chi connectivity index (χ0n) is 7.64. The molecular weight excluding hydrogens is 160 g/mol. The van der Waals surface area contributed by atoms with E-state index in [-0.39, 0.29) is 0 Å². The second-order valence-corrected chi connectivity index (χ2v) is 2.43. The van der Waals surface area contributed by atoms with Crippen LogP contribution in [0.4, 0.5) is 0 Å². The largest absolute Gasteiger partial charge is 0.269 e. The molecular formula is C11H12N2. The zero-order chi connectivity index (χ0) is 9.52. The Morgan fingerprint density at radius 1 is 1.46 bits per heavy atom. The van der Waals surface area contributed by atoms with Gasteiger partial charge in [0, 0.05) is 24.8 Å². The standard InChI is InChI=1S/C11H12N2/c1-3-10-9-13-8-6-11(10)5-7-12-4-2/h3-9H,1H2,2H3/b7-5-,12-4?. The lowest BCUT2D eigenvalue weighted by Gasteiger charge is -1.96. The number of pyridine rings is 1. The topological polar surface area (TPSA) is 25.2 Å². The lowest BCUT2D eigenvalue weighted by atomic mass is 10.1. The monoisotopic (exact) mass is 172 g/mol. The van der Waals surface area contributed by atoms with Gasteiger partial charge in [0.1, 0.15) is 0 Å². The Kier molecular flexibility index (Phi) is 3.64. The van der Waals surface area contributed by atoms with Gasteiger partial charge in [0.15, 0.2) is 0 Å². The van der Waals surface area contributed by atoms with Crippen molar-refractivity contribution in [1.82, 2.24) is 4.98 Å². The molecule has 0 radical (unpaired) electrons. The molecule has 0 aliphatic rings. The average Bonchev–Trinajstić information content (AvgIpc) is 2.19. The van der Waals surface area contributed by atoms with Gasteiger partial charge in [-0.1, -0.05) is 12.7 Å². The number of hydrogen-bond acceptors (Lipinski definition) is 2. The van der Waals surface area contributed by atoms with E-state index in [0.717, 1.165) is 11.1 Å².